The van der Waals surface area contributed by atoms with Crippen LogP contribution in [0.25, 0.3) is 0 Å². The summed E-state index contributed by atoms with van der Waals surface area (Å²) in [5.74, 6) is 0. The van der Waals surface area contributed by atoms with Crippen molar-refractivity contribution >= 4 is 22.9 Å². The fourth-order valence-corrected chi connectivity index (χ4v) is 1.05. The highest BCUT2D eigenvalue weighted by atomic mass is 35.5. The summed E-state index contributed by atoms with van der Waals surface area (Å²) < 4.78 is 0.521. The van der Waals surface area contributed by atoms with Gasteiger partial charge in [0.2, 0.25) is 0 Å². The normalized spacial score (nSPS) is 8.50. The topological polar surface area (TPSA) is 23.8 Å². The van der Waals surface area contributed by atoms with Crippen LogP contribution in [0.5, 0.6) is 0 Å². The molecule has 0 N–H and O–H groups in total. The second kappa shape index (κ2) is 2.17. The van der Waals surface area contributed by atoms with Crippen molar-refractivity contribution in [3.8, 4) is 6.07 Å². The van der Waals surface area contributed by atoms with Gasteiger partial charge in [0.15, 0.2) is 0 Å². The summed E-state index contributed by atoms with van der Waals surface area (Å²) in [5.41, 5.74) is 0.511. The van der Waals surface area contributed by atoms with Gasteiger partial charge in [-0.15, -0.1) is 11.3 Å². The van der Waals surface area contributed by atoms with Crippen LogP contribution in [-0.2, 0) is 0 Å². The van der Waals surface area contributed by atoms with Gasteiger partial charge >= 0.3 is 0 Å². The van der Waals surface area contributed by atoms with Crippen LogP contribution in [0.4, 0.5) is 0 Å². The highest BCUT2D eigenvalue weighted by Gasteiger charge is 1.96. The molecule has 0 amide bonds. The number of rotatable bonds is 0. The van der Waals surface area contributed by atoms with Crippen LogP contribution < -0.4 is 0 Å². The summed E-state index contributed by atoms with van der Waals surface area (Å²) in [4.78, 5) is 0. The minimum atomic E-state index is 0.511. The number of hydrogen-bond donors (Lipinski definition) is 0. The number of thiophene rings is 1. The smallest absolute Gasteiger partial charge is 0.111 e. The molecule has 1 aromatic heterocycles. The summed E-state index contributed by atoms with van der Waals surface area (Å²) in [7, 11) is 0. The van der Waals surface area contributed by atoms with Crippen LogP contribution in [0, 0.1) is 16.7 Å². The van der Waals surface area contributed by atoms with Gasteiger partial charge in [-0.1, -0.05) is 11.6 Å². The highest BCUT2D eigenvalue weighted by molar-refractivity contribution is 7.14. The Kier molecular flexibility index (Phi) is 1.52. The molecule has 0 fully saturated rings. The van der Waals surface area contributed by atoms with Crippen molar-refractivity contribution in [2.45, 2.75) is 0 Å². The summed E-state index contributed by atoms with van der Waals surface area (Å²) in [6, 6.07) is 3.50. The van der Waals surface area contributed by atoms with Crippen molar-refractivity contribution in [1.29, 1.82) is 5.26 Å². The van der Waals surface area contributed by atoms with E-state index in [1.807, 2.05) is 6.07 Å². The third-order valence-electron chi connectivity index (χ3n) is 0.684. The van der Waals surface area contributed by atoms with E-state index in [9.17, 15) is 0 Å². The number of hydrogen-bond acceptors (Lipinski definition) is 2. The lowest BCUT2D eigenvalue weighted by Crippen LogP contribution is -1.59. The summed E-state index contributed by atoms with van der Waals surface area (Å²) in [5, 5.41) is 11.0. The second-order valence-electron chi connectivity index (χ2n) is 1.16. The molecule has 0 saturated carbocycles. The van der Waals surface area contributed by atoms with E-state index in [1.165, 1.54) is 11.3 Å². The standard InChI is InChI=1S/C5HClNS/c6-5-4(3-7)1-2-8-5/h1H. The van der Waals surface area contributed by atoms with Crippen molar-refractivity contribution in [2.24, 2.45) is 0 Å². The van der Waals surface area contributed by atoms with Gasteiger partial charge in [0.1, 0.15) is 10.4 Å². The first kappa shape index (κ1) is 5.61. The predicted octanol–water partition coefficient (Wildman–Crippen LogP) is 2.07. The van der Waals surface area contributed by atoms with Gasteiger partial charge in [-0.05, 0) is 6.07 Å². The van der Waals surface area contributed by atoms with Crippen molar-refractivity contribution < 1.29 is 0 Å². The highest BCUT2D eigenvalue weighted by Crippen LogP contribution is 2.20. The molecule has 1 radical (unpaired) electrons. The average molecular weight is 143 g/mol. The van der Waals surface area contributed by atoms with Gasteiger partial charge < -0.3 is 0 Å². The minimum absolute atomic E-state index is 0.511. The molecule has 0 aliphatic heterocycles. The second-order valence-corrected chi connectivity index (χ2v) is 2.61. The SMILES string of the molecule is N#Cc1c[c]sc1Cl. The molecule has 0 bridgehead atoms. The predicted molar refractivity (Wildman–Crippen MR) is 32.9 cm³/mol. The molecular weight excluding hydrogens is 142 g/mol. The summed E-state index contributed by atoms with van der Waals surface area (Å²) in [6.07, 6.45) is 0. The fraction of sp³-hybridized carbons (Fsp3) is 0. The average Bonchev–Trinajstić information content (AvgIpc) is 2.14. The van der Waals surface area contributed by atoms with Crippen molar-refractivity contribution in [1.82, 2.24) is 0 Å². The zero-order valence-corrected chi connectivity index (χ0v) is 5.38. The molecule has 1 heterocycles. The molecule has 3 heteroatoms. The van der Waals surface area contributed by atoms with Gasteiger partial charge in [0.25, 0.3) is 0 Å². The molecule has 0 atom stereocenters. The number of nitrogens with zero attached hydrogens (tertiary/aromatic N) is 1. The van der Waals surface area contributed by atoms with Crippen LogP contribution in [-0.4, -0.2) is 0 Å². The lowest BCUT2D eigenvalue weighted by atomic mass is 10.4. The van der Waals surface area contributed by atoms with E-state index >= 15 is 0 Å². The van der Waals surface area contributed by atoms with Gasteiger partial charge in [0.05, 0.1) is 5.56 Å². The van der Waals surface area contributed by atoms with E-state index in [2.05, 4.69) is 5.38 Å². The Balaban J connectivity index is 3.15. The monoisotopic (exact) mass is 142 g/mol. The van der Waals surface area contributed by atoms with Gasteiger partial charge in [0, 0.05) is 5.38 Å². The minimum Gasteiger partial charge on any atom is -0.192 e. The van der Waals surface area contributed by atoms with Crippen molar-refractivity contribution in [3.05, 3.63) is 21.3 Å². The summed E-state index contributed by atoms with van der Waals surface area (Å²) >= 11 is 6.75. The largest absolute Gasteiger partial charge is 0.192 e. The third-order valence-corrected chi connectivity index (χ3v) is 1.75. The van der Waals surface area contributed by atoms with E-state index < -0.39 is 0 Å². The lowest BCUT2D eigenvalue weighted by Gasteiger charge is -1.73. The van der Waals surface area contributed by atoms with E-state index in [-0.39, 0.29) is 0 Å². The molecule has 0 aliphatic carbocycles. The van der Waals surface area contributed by atoms with E-state index in [0.717, 1.165) is 0 Å². The molecule has 1 aromatic rings. The Hall–Kier alpha value is -0.520. The van der Waals surface area contributed by atoms with Gasteiger partial charge in [-0.25, -0.2) is 0 Å². The van der Waals surface area contributed by atoms with Crippen LogP contribution in [0.2, 0.25) is 4.34 Å². The van der Waals surface area contributed by atoms with Crippen molar-refractivity contribution in [2.75, 3.05) is 0 Å². The Bertz CT molecular complexity index is 223. The van der Waals surface area contributed by atoms with Crippen LogP contribution in [0.15, 0.2) is 6.07 Å². The molecule has 0 aliphatic rings. The van der Waals surface area contributed by atoms with Crippen molar-refractivity contribution in [3.63, 3.8) is 0 Å². The first-order chi connectivity index (χ1) is 3.84. The first-order valence-electron chi connectivity index (χ1n) is 1.90. The molecule has 0 aromatic carbocycles. The molecule has 0 spiro atoms. The zero-order chi connectivity index (χ0) is 5.98. The van der Waals surface area contributed by atoms with Gasteiger partial charge in [-0.2, -0.15) is 5.26 Å². The maximum atomic E-state index is 8.26. The molecule has 39 valence electrons. The van der Waals surface area contributed by atoms with Crippen LogP contribution in [0.3, 0.4) is 0 Å². The molecule has 0 unspecified atom stereocenters. The molecule has 1 nitrogen and oxygen atoms in total. The maximum Gasteiger partial charge on any atom is 0.111 e. The molecule has 0 saturated heterocycles. The quantitative estimate of drug-likeness (QED) is 0.544. The first-order valence-corrected chi connectivity index (χ1v) is 3.09. The van der Waals surface area contributed by atoms with E-state index in [0.29, 0.717) is 9.90 Å². The third kappa shape index (κ3) is 0.835. The number of nitriles is 1. The Morgan fingerprint density at radius 3 is 2.88 bits per heavy atom. The Labute approximate surface area is 56.1 Å². The fourth-order valence-electron chi connectivity index (χ4n) is 0.328. The number of halogens is 1. The molecular formula is C5HClNS. The Morgan fingerprint density at radius 1 is 1.88 bits per heavy atom. The van der Waals surface area contributed by atoms with E-state index in [4.69, 9.17) is 16.9 Å². The van der Waals surface area contributed by atoms with Crippen LogP contribution >= 0.6 is 22.9 Å². The van der Waals surface area contributed by atoms with E-state index in [1.54, 1.807) is 6.07 Å². The van der Waals surface area contributed by atoms with Gasteiger partial charge in [-0.3, -0.25) is 0 Å². The summed E-state index contributed by atoms with van der Waals surface area (Å²) in [6.45, 7) is 0. The lowest BCUT2D eigenvalue weighted by molar-refractivity contribution is 1.51. The zero-order valence-electron chi connectivity index (χ0n) is 3.81. The molecule has 8 heavy (non-hydrogen) atoms. The maximum absolute atomic E-state index is 8.26. The van der Waals surface area contributed by atoms with Crippen LogP contribution in [0.1, 0.15) is 5.56 Å². The molecule has 1 rings (SSSR count). The Morgan fingerprint density at radius 2 is 2.62 bits per heavy atom.